The van der Waals surface area contributed by atoms with Crippen molar-refractivity contribution in [3.05, 3.63) is 75.5 Å². The topological polar surface area (TPSA) is 104 Å². The highest BCUT2D eigenvalue weighted by Crippen LogP contribution is 2.21. The maximum Gasteiger partial charge on any atom is 0.265 e. The molecule has 0 bridgehead atoms. The molecule has 168 valence electrons. The average molecular weight is 472 g/mol. The predicted molar refractivity (Wildman–Crippen MR) is 128 cm³/mol. The molecule has 2 amide bonds. The van der Waals surface area contributed by atoms with Crippen LogP contribution in [0.5, 0.6) is 0 Å². The summed E-state index contributed by atoms with van der Waals surface area (Å²) in [6.45, 7) is 5.41. The first-order valence-corrected chi connectivity index (χ1v) is 12.3. The van der Waals surface area contributed by atoms with Gasteiger partial charge in [0, 0.05) is 24.3 Å². The van der Waals surface area contributed by atoms with Crippen LogP contribution in [0, 0.1) is 20.8 Å². The molecule has 7 nitrogen and oxygen atoms in total. The maximum atomic E-state index is 12.7. The minimum absolute atomic E-state index is 0.0138. The van der Waals surface area contributed by atoms with E-state index in [-0.39, 0.29) is 29.7 Å². The Hall–Kier alpha value is -3.01. The Morgan fingerprint density at radius 3 is 2.06 bits per heavy atom. The highest BCUT2D eigenvalue weighted by molar-refractivity contribution is 7.89. The third-order valence-electron chi connectivity index (χ3n) is 4.69. The Morgan fingerprint density at radius 2 is 1.50 bits per heavy atom. The number of sulfonamides is 1. The first kappa shape index (κ1) is 23.6. The van der Waals surface area contributed by atoms with Crippen molar-refractivity contribution in [1.29, 1.82) is 0 Å². The van der Waals surface area contributed by atoms with E-state index in [1.54, 1.807) is 50.2 Å². The van der Waals surface area contributed by atoms with Crippen LogP contribution < -0.4 is 15.4 Å². The van der Waals surface area contributed by atoms with Crippen LogP contribution in [0.25, 0.3) is 0 Å². The van der Waals surface area contributed by atoms with E-state index in [2.05, 4.69) is 15.4 Å². The molecule has 9 heteroatoms. The van der Waals surface area contributed by atoms with E-state index in [4.69, 9.17) is 0 Å². The molecule has 32 heavy (non-hydrogen) atoms. The van der Waals surface area contributed by atoms with Gasteiger partial charge < -0.3 is 10.6 Å². The lowest BCUT2D eigenvalue weighted by atomic mass is 10.1. The summed E-state index contributed by atoms with van der Waals surface area (Å²) in [7, 11) is -3.71. The quantitative estimate of drug-likeness (QED) is 0.457. The van der Waals surface area contributed by atoms with Gasteiger partial charge in [0.2, 0.25) is 15.9 Å². The second-order valence-corrected chi connectivity index (χ2v) is 10.1. The molecule has 2 aromatic carbocycles. The van der Waals surface area contributed by atoms with Crippen molar-refractivity contribution in [2.45, 2.75) is 32.1 Å². The first-order chi connectivity index (χ1) is 15.2. The summed E-state index contributed by atoms with van der Waals surface area (Å²) < 4.78 is 27.8. The summed E-state index contributed by atoms with van der Waals surface area (Å²) in [5.74, 6) is -0.511. The summed E-state index contributed by atoms with van der Waals surface area (Å²) >= 11 is 1.35. The molecular weight excluding hydrogens is 446 g/mol. The number of rotatable bonds is 8. The molecule has 0 aliphatic rings. The molecule has 0 saturated carbocycles. The van der Waals surface area contributed by atoms with Crippen LogP contribution in [0.4, 0.5) is 11.4 Å². The van der Waals surface area contributed by atoms with E-state index >= 15 is 0 Å². The van der Waals surface area contributed by atoms with Crippen molar-refractivity contribution in [3.8, 4) is 0 Å². The number of thiophene rings is 1. The van der Waals surface area contributed by atoms with Crippen LogP contribution in [0.3, 0.4) is 0 Å². The molecule has 3 aromatic rings. The Balaban J connectivity index is 1.51. The summed E-state index contributed by atoms with van der Waals surface area (Å²) in [5, 5.41) is 7.34. The van der Waals surface area contributed by atoms with Crippen LogP contribution in [-0.4, -0.2) is 26.8 Å². The lowest BCUT2D eigenvalue weighted by Gasteiger charge is -2.13. The van der Waals surface area contributed by atoms with Crippen molar-refractivity contribution in [2.24, 2.45) is 0 Å². The summed E-state index contributed by atoms with van der Waals surface area (Å²) in [6.07, 6.45) is -0.0138. The molecule has 0 fully saturated rings. The number of carbonyl (C=O) groups excluding carboxylic acids is 2. The number of benzene rings is 2. The van der Waals surface area contributed by atoms with Crippen molar-refractivity contribution >= 4 is 44.5 Å². The van der Waals surface area contributed by atoms with Crippen molar-refractivity contribution in [2.75, 3.05) is 17.2 Å². The fourth-order valence-electron chi connectivity index (χ4n) is 3.42. The average Bonchev–Trinajstić information content (AvgIpc) is 3.23. The molecule has 3 rings (SSSR count). The van der Waals surface area contributed by atoms with Crippen LogP contribution in [-0.2, 0) is 14.8 Å². The number of nitrogens with one attached hydrogen (secondary N) is 3. The molecule has 0 atom stereocenters. The Bertz CT molecular complexity index is 1200. The van der Waals surface area contributed by atoms with E-state index < -0.39 is 10.0 Å². The molecule has 0 spiro atoms. The molecule has 1 aromatic heterocycles. The summed E-state index contributed by atoms with van der Waals surface area (Å²) in [6, 6.07) is 13.9. The molecule has 0 radical (unpaired) electrons. The van der Waals surface area contributed by atoms with Gasteiger partial charge in [-0.25, -0.2) is 13.1 Å². The normalized spacial score (nSPS) is 11.2. The monoisotopic (exact) mass is 471 g/mol. The van der Waals surface area contributed by atoms with E-state index in [1.807, 2.05) is 24.4 Å². The number of hydrogen-bond donors (Lipinski definition) is 3. The van der Waals surface area contributed by atoms with Crippen LogP contribution in [0.2, 0.25) is 0 Å². The third-order valence-corrected chi connectivity index (χ3v) is 7.32. The molecule has 1 heterocycles. The molecule has 0 aliphatic carbocycles. The fraction of sp³-hybridized carbons (Fsp3) is 0.217. The number of carbonyl (C=O) groups is 2. The Kier molecular flexibility index (Phi) is 7.44. The number of aryl methyl sites for hydroxylation is 3. The second-order valence-electron chi connectivity index (χ2n) is 7.43. The Morgan fingerprint density at radius 1 is 0.906 bits per heavy atom. The highest BCUT2D eigenvalue weighted by atomic mass is 32.2. The lowest BCUT2D eigenvalue weighted by molar-refractivity contribution is -0.116. The Labute approximate surface area is 191 Å². The van der Waals surface area contributed by atoms with Gasteiger partial charge in [-0.2, -0.15) is 0 Å². The number of hydrogen-bond acceptors (Lipinski definition) is 5. The van der Waals surface area contributed by atoms with Crippen LogP contribution >= 0.6 is 11.3 Å². The third kappa shape index (κ3) is 6.03. The van der Waals surface area contributed by atoms with Crippen molar-refractivity contribution in [3.63, 3.8) is 0 Å². The van der Waals surface area contributed by atoms with Crippen molar-refractivity contribution < 1.29 is 18.0 Å². The minimum atomic E-state index is -3.71. The fourth-order valence-corrected chi connectivity index (χ4v) is 5.52. The smallest absolute Gasteiger partial charge is 0.265 e. The number of amides is 2. The van der Waals surface area contributed by atoms with Gasteiger partial charge in [-0.3, -0.25) is 9.59 Å². The van der Waals surface area contributed by atoms with Gasteiger partial charge in [0.25, 0.3) is 5.91 Å². The van der Waals surface area contributed by atoms with E-state index in [0.717, 1.165) is 5.56 Å². The maximum absolute atomic E-state index is 12.7. The van der Waals surface area contributed by atoms with Gasteiger partial charge in [-0.05, 0) is 67.6 Å². The van der Waals surface area contributed by atoms with E-state index in [1.165, 1.54) is 11.3 Å². The SMILES string of the molecule is Cc1cc(C)c(S(=O)(=O)NCCC(=O)Nc2ccc(NC(=O)c3cccs3)cc2)c(C)c1. The highest BCUT2D eigenvalue weighted by Gasteiger charge is 2.19. The van der Waals surface area contributed by atoms with E-state index in [9.17, 15) is 18.0 Å². The van der Waals surface area contributed by atoms with Crippen LogP contribution in [0.1, 0.15) is 32.8 Å². The largest absolute Gasteiger partial charge is 0.326 e. The lowest BCUT2D eigenvalue weighted by Crippen LogP contribution is -2.29. The zero-order chi connectivity index (χ0) is 23.3. The standard InChI is InChI=1S/C23H25N3O4S2/c1-15-13-16(2)22(17(3)14-15)32(29,30)24-11-10-21(27)25-18-6-8-19(9-7-18)26-23(28)20-5-4-12-31-20/h4-9,12-14,24H,10-11H2,1-3H3,(H,25,27)(H,26,28). The van der Waals surface area contributed by atoms with Crippen molar-refractivity contribution in [1.82, 2.24) is 4.72 Å². The summed E-state index contributed by atoms with van der Waals surface area (Å²) in [4.78, 5) is 25.2. The van der Waals surface area contributed by atoms with Gasteiger partial charge in [-0.1, -0.05) is 23.8 Å². The molecule has 0 aliphatic heterocycles. The van der Waals surface area contributed by atoms with Gasteiger partial charge >= 0.3 is 0 Å². The molecule has 0 saturated heterocycles. The summed E-state index contributed by atoms with van der Waals surface area (Å²) in [5.41, 5.74) is 3.50. The molecule has 0 unspecified atom stereocenters. The van der Waals surface area contributed by atoms with E-state index in [0.29, 0.717) is 27.4 Å². The number of anilines is 2. The van der Waals surface area contributed by atoms with Gasteiger partial charge in [0.05, 0.1) is 9.77 Å². The molecule has 3 N–H and O–H groups in total. The zero-order valence-electron chi connectivity index (χ0n) is 18.1. The van der Waals surface area contributed by atoms with Gasteiger partial charge in [0.1, 0.15) is 0 Å². The van der Waals surface area contributed by atoms with Gasteiger partial charge in [-0.15, -0.1) is 11.3 Å². The first-order valence-electron chi connectivity index (χ1n) is 9.98. The van der Waals surface area contributed by atoms with Gasteiger partial charge in [0.15, 0.2) is 0 Å². The minimum Gasteiger partial charge on any atom is -0.326 e. The second kappa shape index (κ2) is 10.1. The zero-order valence-corrected chi connectivity index (χ0v) is 19.7. The predicted octanol–water partition coefficient (Wildman–Crippen LogP) is 4.23. The molecular formula is C23H25N3O4S2. The van der Waals surface area contributed by atoms with Crippen LogP contribution in [0.15, 0.2) is 58.8 Å².